The van der Waals surface area contributed by atoms with E-state index in [0.29, 0.717) is 46.5 Å². The van der Waals surface area contributed by atoms with E-state index < -0.39 is 0 Å². The topological polar surface area (TPSA) is 87.5 Å². The highest BCUT2D eigenvalue weighted by Crippen LogP contribution is 2.33. The Morgan fingerprint density at radius 2 is 1.89 bits per heavy atom. The van der Waals surface area contributed by atoms with E-state index in [9.17, 15) is 14.4 Å². The Balaban J connectivity index is 1.42. The SMILES string of the molecule is CC(=O)Nc1cccc([C@H](C)N2CCn3nc4c(c3C2=O)CN(C(=O)c2ccc(Cl)c(Cl)c2)[C@H](C)C4)c1. The molecule has 0 saturated heterocycles. The minimum absolute atomic E-state index is 0.0898. The van der Waals surface area contributed by atoms with Gasteiger partial charge in [0.1, 0.15) is 5.69 Å². The zero-order chi connectivity index (χ0) is 26.4. The summed E-state index contributed by atoms with van der Waals surface area (Å²) in [6.07, 6.45) is 0.560. The van der Waals surface area contributed by atoms with Crippen molar-refractivity contribution in [1.29, 1.82) is 0 Å². The van der Waals surface area contributed by atoms with Crippen LogP contribution in [-0.4, -0.2) is 49.9 Å². The van der Waals surface area contributed by atoms with Gasteiger partial charge in [-0.25, -0.2) is 0 Å². The van der Waals surface area contributed by atoms with E-state index in [2.05, 4.69) is 5.32 Å². The van der Waals surface area contributed by atoms with E-state index in [1.165, 1.54) is 6.92 Å². The molecule has 37 heavy (non-hydrogen) atoms. The fourth-order valence-corrected chi connectivity index (χ4v) is 5.43. The number of halogens is 2. The van der Waals surface area contributed by atoms with E-state index in [1.807, 2.05) is 43.0 Å². The number of carbonyl (C=O) groups is 3. The molecule has 10 heteroatoms. The molecule has 0 aliphatic carbocycles. The third-order valence-electron chi connectivity index (χ3n) is 7.08. The smallest absolute Gasteiger partial charge is 0.273 e. The Morgan fingerprint density at radius 1 is 1.11 bits per heavy atom. The first-order valence-electron chi connectivity index (χ1n) is 12.2. The van der Waals surface area contributed by atoms with Crippen molar-refractivity contribution in [1.82, 2.24) is 19.6 Å². The predicted molar refractivity (Wildman–Crippen MR) is 142 cm³/mol. The highest BCUT2D eigenvalue weighted by Gasteiger charge is 2.38. The van der Waals surface area contributed by atoms with Crippen LogP contribution in [0.5, 0.6) is 0 Å². The number of aromatic nitrogens is 2. The molecule has 0 spiro atoms. The van der Waals surface area contributed by atoms with Crippen LogP contribution in [-0.2, 0) is 24.3 Å². The molecule has 2 aliphatic heterocycles. The van der Waals surface area contributed by atoms with Crippen molar-refractivity contribution in [3.05, 3.63) is 80.6 Å². The highest BCUT2D eigenvalue weighted by atomic mass is 35.5. The summed E-state index contributed by atoms with van der Waals surface area (Å²) in [6, 6.07) is 12.1. The van der Waals surface area contributed by atoms with E-state index in [-0.39, 0.29) is 36.3 Å². The number of nitrogens with one attached hydrogen (secondary N) is 1. The van der Waals surface area contributed by atoms with Crippen molar-refractivity contribution in [3.63, 3.8) is 0 Å². The number of nitrogens with zero attached hydrogens (tertiary/aromatic N) is 4. The number of rotatable bonds is 4. The van der Waals surface area contributed by atoms with Crippen LogP contribution in [0.4, 0.5) is 5.69 Å². The number of hydrogen-bond donors (Lipinski definition) is 1. The minimum Gasteiger partial charge on any atom is -0.331 e. The molecular weight excluding hydrogens is 513 g/mol. The second kappa shape index (κ2) is 9.84. The van der Waals surface area contributed by atoms with Crippen molar-refractivity contribution >= 4 is 46.6 Å². The summed E-state index contributed by atoms with van der Waals surface area (Å²) in [6.45, 7) is 6.79. The fourth-order valence-electron chi connectivity index (χ4n) is 5.13. The Bertz CT molecular complexity index is 1420. The number of amides is 3. The van der Waals surface area contributed by atoms with Crippen LogP contribution in [0.25, 0.3) is 0 Å². The summed E-state index contributed by atoms with van der Waals surface area (Å²) in [4.78, 5) is 42.3. The van der Waals surface area contributed by atoms with Crippen LogP contribution in [0.1, 0.15) is 64.5 Å². The average Bonchev–Trinajstić information content (AvgIpc) is 3.22. The van der Waals surface area contributed by atoms with E-state index >= 15 is 0 Å². The van der Waals surface area contributed by atoms with E-state index in [0.717, 1.165) is 16.8 Å². The summed E-state index contributed by atoms with van der Waals surface area (Å²) < 4.78 is 1.78. The van der Waals surface area contributed by atoms with Gasteiger partial charge in [0.2, 0.25) is 5.91 Å². The number of benzene rings is 2. The number of anilines is 1. The quantitative estimate of drug-likeness (QED) is 0.507. The Morgan fingerprint density at radius 3 is 2.62 bits per heavy atom. The summed E-state index contributed by atoms with van der Waals surface area (Å²) in [5.41, 5.74) is 4.24. The number of carbonyl (C=O) groups excluding carboxylic acids is 3. The normalized spacial score (nSPS) is 17.8. The molecule has 1 aromatic heterocycles. The zero-order valence-corrected chi connectivity index (χ0v) is 22.3. The number of fused-ring (bicyclic) bond motifs is 3. The molecule has 192 valence electrons. The van der Waals surface area contributed by atoms with Gasteiger partial charge in [0.15, 0.2) is 0 Å². The van der Waals surface area contributed by atoms with Gasteiger partial charge in [-0.05, 0) is 49.7 Å². The maximum Gasteiger partial charge on any atom is 0.273 e. The first kappa shape index (κ1) is 25.3. The lowest BCUT2D eigenvalue weighted by molar-refractivity contribution is -0.114. The van der Waals surface area contributed by atoms with Gasteiger partial charge in [0.25, 0.3) is 11.8 Å². The Kier molecular flexibility index (Phi) is 6.72. The van der Waals surface area contributed by atoms with Gasteiger partial charge >= 0.3 is 0 Å². The van der Waals surface area contributed by atoms with Gasteiger partial charge in [-0.15, -0.1) is 0 Å². The van der Waals surface area contributed by atoms with Gasteiger partial charge in [-0.3, -0.25) is 19.1 Å². The molecule has 1 N–H and O–H groups in total. The van der Waals surface area contributed by atoms with Crippen LogP contribution in [0.3, 0.4) is 0 Å². The van der Waals surface area contributed by atoms with Crippen LogP contribution < -0.4 is 5.32 Å². The standard InChI is InChI=1S/C27H27Cl2N5O3/c1-15-11-24-21(14-33(15)26(36)19-7-8-22(28)23(29)13-19)25-27(37)32(9-10-34(25)31-24)16(2)18-5-4-6-20(12-18)30-17(3)35/h4-8,12-13,15-16H,9-11,14H2,1-3H3,(H,30,35)/t15-,16+/m1/s1. The maximum atomic E-state index is 13.8. The van der Waals surface area contributed by atoms with Crippen LogP contribution >= 0.6 is 23.2 Å². The molecule has 5 rings (SSSR count). The lowest BCUT2D eigenvalue weighted by atomic mass is 9.97. The van der Waals surface area contributed by atoms with Gasteiger partial charge in [0.05, 0.1) is 34.9 Å². The zero-order valence-electron chi connectivity index (χ0n) is 20.8. The first-order chi connectivity index (χ1) is 17.6. The molecule has 0 bridgehead atoms. The van der Waals surface area contributed by atoms with Crippen molar-refractivity contribution in [2.45, 2.75) is 52.4 Å². The average molecular weight is 540 g/mol. The molecule has 0 unspecified atom stereocenters. The molecule has 0 fully saturated rings. The summed E-state index contributed by atoms with van der Waals surface area (Å²) in [5.74, 6) is -0.433. The van der Waals surface area contributed by atoms with Crippen molar-refractivity contribution in [2.75, 3.05) is 11.9 Å². The molecule has 2 atom stereocenters. The Hall–Kier alpha value is -3.36. The monoisotopic (exact) mass is 539 g/mol. The molecular formula is C27H27Cl2N5O3. The molecule has 0 saturated carbocycles. The van der Waals surface area contributed by atoms with Gasteiger partial charge in [-0.2, -0.15) is 5.10 Å². The summed E-state index contributed by atoms with van der Waals surface area (Å²) in [5, 5.41) is 8.25. The lowest BCUT2D eigenvalue weighted by Gasteiger charge is -2.35. The fraction of sp³-hybridized carbons (Fsp3) is 0.333. The largest absolute Gasteiger partial charge is 0.331 e. The molecule has 2 aromatic carbocycles. The van der Waals surface area contributed by atoms with Crippen LogP contribution in [0.15, 0.2) is 42.5 Å². The van der Waals surface area contributed by atoms with Crippen molar-refractivity contribution < 1.29 is 14.4 Å². The molecule has 3 amide bonds. The van der Waals surface area contributed by atoms with E-state index in [4.69, 9.17) is 28.3 Å². The third kappa shape index (κ3) is 4.71. The maximum absolute atomic E-state index is 13.8. The molecule has 8 nitrogen and oxygen atoms in total. The molecule has 3 aromatic rings. The van der Waals surface area contributed by atoms with Gasteiger partial charge in [-0.1, -0.05) is 35.3 Å². The second-order valence-electron chi connectivity index (χ2n) is 9.59. The summed E-state index contributed by atoms with van der Waals surface area (Å²) in [7, 11) is 0. The van der Waals surface area contributed by atoms with Crippen LogP contribution in [0, 0.1) is 0 Å². The summed E-state index contributed by atoms with van der Waals surface area (Å²) >= 11 is 12.2. The molecule has 2 aliphatic rings. The lowest BCUT2D eigenvalue weighted by Crippen LogP contribution is -2.44. The minimum atomic E-state index is -0.211. The molecule has 0 radical (unpaired) electrons. The van der Waals surface area contributed by atoms with Crippen molar-refractivity contribution in [3.8, 4) is 0 Å². The van der Waals surface area contributed by atoms with Gasteiger partial charge < -0.3 is 15.1 Å². The predicted octanol–water partition coefficient (Wildman–Crippen LogP) is 4.95. The second-order valence-corrected chi connectivity index (χ2v) is 10.4. The van der Waals surface area contributed by atoms with Gasteiger partial charge in [0, 0.05) is 42.7 Å². The molecule has 3 heterocycles. The van der Waals surface area contributed by atoms with Crippen molar-refractivity contribution in [2.24, 2.45) is 0 Å². The highest BCUT2D eigenvalue weighted by molar-refractivity contribution is 6.42. The third-order valence-corrected chi connectivity index (χ3v) is 7.82. The first-order valence-corrected chi connectivity index (χ1v) is 12.9. The van der Waals surface area contributed by atoms with E-state index in [1.54, 1.807) is 27.8 Å². The Labute approximate surface area is 225 Å². The number of hydrogen-bond acceptors (Lipinski definition) is 4. The van der Waals surface area contributed by atoms with Crippen LogP contribution in [0.2, 0.25) is 10.0 Å².